The van der Waals surface area contributed by atoms with Crippen molar-refractivity contribution in [3.63, 3.8) is 0 Å². The topological polar surface area (TPSA) is 319 Å². The van der Waals surface area contributed by atoms with Crippen molar-refractivity contribution in [3.05, 3.63) is 154 Å². The van der Waals surface area contributed by atoms with Crippen molar-refractivity contribution >= 4 is 78.1 Å². The molecule has 484 valence electrons. The summed E-state index contributed by atoms with van der Waals surface area (Å²) in [5, 5.41) is 10.6. The van der Waals surface area contributed by atoms with Crippen molar-refractivity contribution in [3.8, 4) is 0 Å². The number of rotatable bonds is 10. The number of anilines is 2. The summed E-state index contributed by atoms with van der Waals surface area (Å²) in [6, 6.07) is 17.7. The fraction of sp³-hybridized carbons (Fsp3) is 0.404. The van der Waals surface area contributed by atoms with Crippen molar-refractivity contribution in [2.24, 2.45) is 20.7 Å². The minimum absolute atomic E-state index is 0. The van der Waals surface area contributed by atoms with Crippen molar-refractivity contribution in [1.82, 2.24) is 33.5 Å². The Morgan fingerprint density at radius 2 is 0.910 bits per heavy atom. The number of guanidine groups is 3. The van der Waals surface area contributed by atoms with E-state index in [1.165, 1.54) is 103 Å². The Kier molecular flexibility index (Phi) is 21.7. The Bertz CT molecular complexity index is 3910. The lowest BCUT2D eigenvalue weighted by Gasteiger charge is -2.36. The van der Waals surface area contributed by atoms with Crippen LogP contribution in [0.5, 0.6) is 0 Å². The van der Waals surface area contributed by atoms with Crippen LogP contribution in [0.1, 0.15) is 108 Å². The van der Waals surface area contributed by atoms with Gasteiger partial charge < -0.3 is 25.8 Å². The molecule has 3 aliphatic rings. The molecule has 0 aliphatic carbocycles. The van der Waals surface area contributed by atoms with Crippen LogP contribution in [-0.4, -0.2) is 134 Å². The van der Waals surface area contributed by atoms with Crippen molar-refractivity contribution in [1.29, 1.82) is 0 Å². The van der Waals surface area contributed by atoms with Gasteiger partial charge in [-0.2, -0.15) is 0 Å². The highest BCUT2D eigenvalue weighted by molar-refractivity contribution is 7.90. The van der Waals surface area contributed by atoms with Gasteiger partial charge in [0.05, 0.1) is 29.7 Å². The molecule has 2 aromatic heterocycles. The number of ether oxygens (including phenoxy) is 2. The minimum atomic E-state index is -3.94. The molecule has 5 heterocycles. The molecular weight excluding hydrogens is 1230 g/mol. The lowest BCUT2D eigenvalue weighted by atomic mass is 9.92. The first kappa shape index (κ1) is 71.2. The van der Waals surface area contributed by atoms with E-state index in [2.05, 4.69) is 46.2 Å². The van der Waals surface area contributed by atoms with E-state index in [0.29, 0.717) is 29.0 Å². The lowest BCUT2D eigenvalue weighted by molar-refractivity contribution is 0.0546. The van der Waals surface area contributed by atoms with Gasteiger partial charge >= 0.3 is 12.2 Å². The van der Waals surface area contributed by atoms with Gasteiger partial charge in [-0.1, -0.05) is 19.6 Å². The molecule has 3 aliphatic heterocycles. The number of sulfonamides is 3. The van der Waals surface area contributed by atoms with E-state index >= 15 is 0 Å². The third kappa shape index (κ3) is 18.3. The monoisotopic (exact) mass is 1310 g/mol. The summed E-state index contributed by atoms with van der Waals surface area (Å²) in [5.41, 5.74) is 1.30. The Labute approximate surface area is 514 Å². The zero-order chi connectivity index (χ0) is 65.8. The van der Waals surface area contributed by atoms with E-state index in [0.717, 1.165) is 31.4 Å². The highest BCUT2D eigenvalue weighted by Crippen LogP contribution is 2.37. The summed E-state index contributed by atoms with van der Waals surface area (Å²) >= 11 is 0. The third-order valence-electron chi connectivity index (χ3n) is 13.2. The number of nitrogens with one attached hydrogen (secondary N) is 4. The number of benzene rings is 3. The minimum Gasteiger partial charge on any atom is -0.444 e. The van der Waals surface area contributed by atoms with Crippen molar-refractivity contribution in [2.75, 3.05) is 49.0 Å². The molecule has 3 atom stereocenters. The number of carbonyl (C=O) groups is 3. The number of halogens is 5. The maximum atomic E-state index is 14.9. The van der Waals surface area contributed by atoms with E-state index in [4.69, 9.17) is 15.2 Å². The molecule has 6 N–H and O–H groups in total. The maximum absolute atomic E-state index is 14.9. The number of aromatic nitrogens is 2. The molecular formula is C57H72F5N13O11S3. The molecule has 2 amide bonds. The SMILES string of the molecule is C.CN1C(N)=N[C@](C)(c2cc(CNc3ccc(F)cn3)ccc2F)CS1(=O)=O.CN1C(NC(=O)OC(C)(C)C)=N[C@](C)(c2cc(C=O)ccc2F)CS1(=O)=O.CN1C(NC(=O)OC(C)(C)C)=N[C@](C)(c2cc(CNc3ccc(F)cn3)ccc2F)CS1(=O)=O. The van der Waals surface area contributed by atoms with E-state index in [1.54, 1.807) is 53.7 Å². The predicted molar refractivity (Wildman–Crippen MR) is 326 cm³/mol. The van der Waals surface area contributed by atoms with Crippen molar-refractivity contribution < 1.29 is 71.1 Å². The number of aliphatic imine (C=N–C) groups is 3. The second-order valence-electron chi connectivity index (χ2n) is 23.0. The molecule has 0 saturated carbocycles. The van der Waals surface area contributed by atoms with Crippen LogP contribution in [0.25, 0.3) is 0 Å². The van der Waals surface area contributed by atoms with Crippen LogP contribution in [0.4, 0.5) is 43.2 Å². The summed E-state index contributed by atoms with van der Waals surface area (Å²) in [4.78, 5) is 56.0. The highest BCUT2D eigenvalue weighted by atomic mass is 32.2. The van der Waals surface area contributed by atoms with Gasteiger partial charge in [0.1, 0.15) is 74.8 Å². The Balaban J connectivity index is 0.000000244. The molecule has 24 nitrogen and oxygen atoms in total. The Morgan fingerprint density at radius 1 is 0.562 bits per heavy atom. The van der Waals surface area contributed by atoms with Gasteiger partial charge in [0.25, 0.3) is 0 Å². The normalized spacial score (nSPS) is 20.8. The molecule has 0 bridgehead atoms. The summed E-state index contributed by atoms with van der Waals surface area (Å²) in [5.74, 6) is -4.18. The predicted octanol–water partition coefficient (Wildman–Crippen LogP) is 7.77. The zero-order valence-electron chi connectivity index (χ0n) is 50.0. The summed E-state index contributed by atoms with van der Waals surface area (Å²) in [6.07, 6.45) is 0.897. The highest BCUT2D eigenvalue weighted by Gasteiger charge is 2.46. The van der Waals surface area contributed by atoms with E-state index < -0.39 is 116 Å². The zero-order valence-corrected chi connectivity index (χ0v) is 52.5. The molecule has 0 saturated heterocycles. The second-order valence-corrected chi connectivity index (χ2v) is 29.0. The molecule has 32 heteroatoms. The summed E-state index contributed by atoms with van der Waals surface area (Å²) in [7, 11) is -7.78. The Morgan fingerprint density at radius 3 is 1.25 bits per heavy atom. The number of pyridine rings is 2. The molecule has 0 fully saturated rings. The van der Waals surface area contributed by atoms with Gasteiger partial charge in [0, 0.05) is 56.5 Å². The fourth-order valence-corrected chi connectivity index (χ4v) is 13.2. The van der Waals surface area contributed by atoms with E-state index in [-0.39, 0.29) is 60.6 Å². The number of hydrogen-bond acceptors (Lipinski definition) is 19. The first-order valence-corrected chi connectivity index (χ1v) is 31.4. The number of aldehydes is 1. The van der Waals surface area contributed by atoms with E-state index in [9.17, 15) is 61.6 Å². The van der Waals surface area contributed by atoms with Crippen LogP contribution < -0.4 is 27.0 Å². The van der Waals surface area contributed by atoms with E-state index in [1.807, 2.05) is 0 Å². The first-order valence-electron chi connectivity index (χ1n) is 26.6. The van der Waals surface area contributed by atoms with Gasteiger partial charge in [-0.3, -0.25) is 15.4 Å². The maximum Gasteiger partial charge on any atom is 0.414 e. The van der Waals surface area contributed by atoms with Gasteiger partial charge in [0.2, 0.25) is 47.9 Å². The molecule has 89 heavy (non-hydrogen) atoms. The van der Waals surface area contributed by atoms with Crippen LogP contribution in [0.2, 0.25) is 0 Å². The molecule has 0 unspecified atom stereocenters. The fourth-order valence-electron chi connectivity index (χ4n) is 8.77. The number of carbonyl (C=O) groups excluding carboxylic acids is 3. The summed E-state index contributed by atoms with van der Waals surface area (Å²) < 4.78 is 158. The second kappa shape index (κ2) is 27.1. The largest absolute Gasteiger partial charge is 0.444 e. The smallest absolute Gasteiger partial charge is 0.414 e. The summed E-state index contributed by atoms with van der Waals surface area (Å²) in [6.45, 7) is 14.9. The number of amides is 2. The molecule has 5 aromatic rings. The number of hydrogen-bond donors (Lipinski definition) is 5. The number of nitrogens with two attached hydrogens (primary N) is 1. The molecule has 3 aromatic carbocycles. The molecule has 8 rings (SSSR count). The average molecular weight is 1310 g/mol. The van der Waals surface area contributed by atoms with Crippen LogP contribution in [0, 0.1) is 29.1 Å². The molecule has 0 spiro atoms. The standard InChI is InChI=1S/C22H27F2N5O4S.C17H19F2N5O2S.C17H22FN3O5S.CH4/c1-21(2,3)33-20(30)27-19-28-22(4,13-34(31,32)29(19)5)16-10-14(6-8-17(16)24)11-25-18-9-7-15(23)12-26-18;1-17(10-27(25,26)24(2)16(20)23-17)13-7-11(3-5-14(13)19)8-21-15-6-4-12(18)9-22-15;1-16(2,3)26-15(23)19-14-20-17(4,10-27(24,25)21(14)5)12-8-11(9-22)6-7-13(12)18;/h6-10,12H,11,13H2,1-5H3,(H,25,26)(H,27,28,30);3-7,9H,8,10H2,1-2H3,(H2,20,23)(H,21,22);6-9H,10H2,1-5H3,(H,19,20,23);1H4/t22-;2*17-;/m000./s1. The first-order chi connectivity index (χ1) is 40.6. The van der Waals surface area contributed by atoms with Gasteiger partial charge in [0.15, 0.2) is 0 Å². The number of alkyl carbamates (subject to hydrolysis) is 2. The van der Waals surface area contributed by atoms with Crippen LogP contribution >= 0.6 is 0 Å². The van der Waals surface area contributed by atoms with Gasteiger partial charge in [-0.15, -0.1) is 0 Å². The quantitative estimate of drug-likeness (QED) is 0.0658. The van der Waals surface area contributed by atoms with Crippen LogP contribution in [0.15, 0.2) is 106 Å². The van der Waals surface area contributed by atoms with Gasteiger partial charge in [-0.05, 0) is 140 Å². The Hall–Kier alpha value is -8.52. The molecule has 0 radical (unpaired) electrons. The number of nitrogens with zero attached hydrogens (tertiary/aromatic N) is 8. The van der Waals surface area contributed by atoms with Gasteiger partial charge in [-0.25, -0.2) is 94.7 Å². The van der Waals surface area contributed by atoms with Crippen molar-refractivity contribution in [2.45, 2.75) is 111 Å². The van der Waals surface area contributed by atoms with Crippen LogP contribution in [-0.2, 0) is 69.2 Å². The third-order valence-corrected chi connectivity index (χ3v) is 19.0. The lowest BCUT2D eigenvalue weighted by Crippen LogP contribution is -2.54. The van der Waals surface area contributed by atoms with Crippen LogP contribution in [0.3, 0.4) is 0 Å². The average Bonchev–Trinajstić information content (AvgIpc) is 1.46.